The van der Waals surface area contributed by atoms with Gasteiger partial charge in [-0.3, -0.25) is 9.59 Å². The summed E-state index contributed by atoms with van der Waals surface area (Å²) in [6.07, 6.45) is -1.69. The zero-order valence-electron chi connectivity index (χ0n) is 15.4. The van der Waals surface area contributed by atoms with Crippen molar-refractivity contribution in [1.29, 1.82) is 0 Å². The van der Waals surface area contributed by atoms with Gasteiger partial charge < -0.3 is 24.8 Å². The molecule has 28 heavy (non-hydrogen) atoms. The number of nitrogens with zero attached hydrogens (tertiary/aromatic N) is 1. The molecule has 156 valence electrons. The van der Waals surface area contributed by atoms with Crippen LogP contribution in [0.15, 0.2) is 29.2 Å². The summed E-state index contributed by atoms with van der Waals surface area (Å²) in [6.45, 7) is -0.0821. The largest absolute Gasteiger partial charge is 0.359 e. The number of nitrogens with one attached hydrogen (secondary N) is 2. The second kappa shape index (κ2) is 9.89. The molecule has 1 fully saturated rings. The number of hydrogen-bond donors (Lipinski definition) is 2. The second-order valence-corrected chi connectivity index (χ2v) is 7.61. The minimum absolute atomic E-state index is 0.0374. The number of carbonyl (C=O) groups is 2. The molecule has 1 saturated heterocycles. The molecular weight excluding hydrogens is 397 g/mol. The number of sulfonamides is 1. The summed E-state index contributed by atoms with van der Waals surface area (Å²) in [7, 11) is -1.18. The average molecular weight is 419 g/mol. The van der Waals surface area contributed by atoms with Crippen LogP contribution in [-0.2, 0) is 33.8 Å². The molecule has 2 N–H and O–H groups in total. The number of amides is 2. The summed E-state index contributed by atoms with van der Waals surface area (Å²) >= 11 is 0. The van der Waals surface area contributed by atoms with Gasteiger partial charge in [-0.15, -0.1) is 0 Å². The van der Waals surface area contributed by atoms with Crippen LogP contribution in [0.3, 0.4) is 0 Å². The van der Waals surface area contributed by atoms with Gasteiger partial charge in [-0.1, -0.05) is 0 Å². The molecule has 2 rings (SSSR count). The van der Waals surface area contributed by atoms with Crippen molar-refractivity contribution in [2.24, 2.45) is 0 Å². The molecule has 1 aliphatic rings. The fourth-order valence-electron chi connectivity index (χ4n) is 2.46. The summed E-state index contributed by atoms with van der Waals surface area (Å²) in [5.74, 6) is -2.44. The van der Waals surface area contributed by atoms with E-state index in [4.69, 9.17) is 14.2 Å². The molecule has 0 aromatic heterocycles. The molecule has 2 amide bonds. The van der Waals surface area contributed by atoms with Crippen molar-refractivity contribution in [2.45, 2.75) is 17.4 Å². The average Bonchev–Trinajstić information content (AvgIpc) is 3.16. The number of ether oxygens (including phenoxy) is 3. The molecule has 0 spiro atoms. The first-order valence-electron chi connectivity index (χ1n) is 8.30. The van der Waals surface area contributed by atoms with Gasteiger partial charge >= 0.3 is 11.8 Å². The number of halogens is 1. The molecule has 1 aromatic carbocycles. The van der Waals surface area contributed by atoms with Crippen LogP contribution in [0.2, 0.25) is 0 Å². The summed E-state index contributed by atoms with van der Waals surface area (Å²) in [5.41, 5.74) is 0. The number of hydrogen-bond acceptors (Lipinski definition) is 7. The van der Waals surface area contributed by atoms with E-state index in [1.807, 2.05) is 0 Å². The zero-order valence-corrected chi connectivity index (χ0v) is 16.2. The lowest BCUT2D eigenvalue weighted by Crippen LogP contribution is -2.48. The maximum absolute atomic E-state index is 13.0. The first-order chi connectivity index (χ1) is 13.3. The van der Waals surface area contributed by atoms with Gasteiger partial charge in [0, 0.05) is 20.8 Å². The van der Waals surface area contributed by atoms with Crippen molar-refractivity contribution < 1.29 is 36.6 Å². The van der Waals surface area contributed by atoms with Crippen LogP contribution in [-0.4, -0.2) is 77.5 Å². The Morgan fingerprint density at radius 1 is 1.21 bits per heavy atom. The van der Waals surface area contributed by atoms with Crippen molar-refractivity contribution in [2.75, 3.05) is 40.5 Å². The third kappa shape index (κ3) is 5.45. The van der Waals surface area contributed by atoms with E-state index in [-0.39, 0.29) is 31.1 Å². The molecule has 1 atom stereocenters. The van der Waals surface area contributed by atoms with Crippen molar-refractivity contribution in [1.82, 2.24) is 14.9 Å². The normalized spacial score (nSPS) is 17.6. The minimum Gasteiger partial charge on any atom is -0.359 e. The van der Waals surface area contributed by atoms with Crippen molar-refractivity contribution >= 4 is 21.8 Å². The molecule has 0 bridgehead atoms. The topological polar surface area (TPSA) is 123 Å². The van der Waals surface area contributed by atoms with Crippen molar-refractivity contribution in [3.8, 4) is 0 Å². The third-order valence-corrected chi connectivity index (χ3v) is 5.86. The maximum Gasteiger partial charge on any atom is 0.309 e. The Labute approximate surface area is 162 Å². The van der Waals surface area contributed by atoms with E-state index in [2.05, 4.69) is 10.6 Å². The van der Waals surface area contributed by atoms with Crippen LogP contribution in [0.5, 0.6) is 0 Å². The minimum atomic E-state index is -3.94. The van der Waals surface area contributed by atoms with Crippen LogP contribution in [0.4, 0.5) is 4.39 Å². The third-order valence-electron chi connectivity index (χ3n) is 3.96. The number of benzene rings is 1. The first-order valence-corrected chi connectivity index (χ1v) is 9.74. The van der Waals surface area contributed by atoms with E-state index < -0.39 is 40.2 Å². The molecule has 12 heteroatoms. The highest BCUT2D eigenvalue weighted by atomic mass is 32.2. The second-order valence-electron chi connectivity index (χ2n) is 5.72. The van der Waals surface area contributed by atoms with Gasteiger partial charge in [0.25, 0.3) is 0 Å². The van der Waals surface area contributed by atoms with Crippen LogP contribution >= 0.6 is 0 Å². The monoisotopic (exact) mass is 419 g/mol. The Bertz CT molecular complexity index is 784. The maximum atomic E-state index is 13.0. The first kappa shape index (κ1) is 22.2. The Balaban J connectivity index is 1.93. The fourth-order valence-corrected chi connectivity index (χ4v) is 3.97. The van der Waals surface area contributed by atoms with Gasteiger partial charge in [-0.05, 0) is 24.3 Å². The molecule has 0 radical (unpaired) electrons. The van der Waals surface area contributed by atoms with E-state index in [0.29, 0.717) is 0 Å². The lowest BCUT2D eigenvalue weighted by atomic mass is 10.4. The predicted molar refractivity (Wildman–Crippen MR) is 93.9 cm³/mol. The molecule has 0 unspecified atom stereocenters. The molecule has 1 aliphatic heterocycles. The highest BCUT2D eigenvalue weighted by Crippen LogP contribution is 2.22. The summed E-state index contributed by atoms with van der Waals surface area (Å²) in [5, 5.41) is 4.65. The van der Waals surface area contributed by atoms with E-state index in [9.17, 15) is 22.4 Å². The van der Waals surface area contributed by atoms with Gasteiger partial charge in [-0.25, -0.2) is 12.8 Å². The highest BCUT2D eigenvalue weighted by molar-refractivity contribution is 7.89. The fraction of sp³-hybridized carbons (Fsp3) is 0.500. The van der Waals surface area contributed by atoms with E-state index in [1.165, 1.54) is 14.2 Å². The van der Waals surface area contributed by atoms with Gasteiger partial charge in [0.15, 0.2) is 6.29 Å². The zero-order chi connectivity index (χ0) is 20.7. The Morgan fingerprint density at radius 3 is 2.43 bits per heavy atom. The molecule has 1 heterocycles. The Kier molecular flexibility index (Phi) is 7.83. The number of carbonyl (C=O) groups excluding carboxylic acids is 2. The lowest BCUT2D eigenvalue weighted by molar-refractivity contribution is -0.142. The van der Waals surface area contributed by atoms with Gasteiger partial charge in [0.2, 0.25) is 10.0 Å². The molecule has 0 aliphatic carbocycles. The van der Waals surface area contributed by atoms with E-state index in [0.717, 1.165) is 28.6 Å². The van der Waals surface area contributed by atoms with Crippen LogP contribution < -0.4 is 10.6 Å². The molecule has 10 nitrogen and oxygen atoms in total. The number of rotatable bonds is 8. The standard InChI is InChI=1S/C16H22FN3O7S/c1-25-14(26-2)10-19-16(22)15(21)18-9-13-20(7-8-27-13)28(23,24)12-5-3-11(17)4-6-12/h3-6,13-14H,7-10H2,1-2H3,(H,18,21)(H,19,22)/t13-/m0/s1. The Hall–Kier alpha value is -2.12. The molecule has 1 aromatic rings. The van der Waals surface area contributed by atoms with Gasteiger partial charge in [0.1, 0.15) is 12.0 Å². The summed E-state index contributed by atoms with van der Waals surface area (Å²) < 4.78 is 54.6. The summed E-state index contributed by atoms with van der Waals surface area (Å²) in [6, 6.07) is 4.37. The smallest absolute Gasteiger partial charge is 0.309 e. The summed E-state index contributed by atoms with van der Waals surface area (Å²) in [4.78, 5) is 23.6. The lowest BCUT2D eigenvalue weighted by Gasteiger charge is -2.23. The Morgan fingerprint density at radius 2 is 1.82 bits per heavy atom. The molecular formula is C16H22FN3O7S. The van der Waals surface area contributed by atoms with Crippen molar-refractivity contribution in [3.05, 3.63) is 30.1 Å². The highest BCUT2D eigenvalue weighted by Gasteiger charge is 2.36. The number of methoxy groups -OCH3 is 2. The molecule has 0 saturated carbocycles. The SMILES string of the molecule is COC(CNC(=O)C(=O)NC[C@@H]1OCCN1S(=O)(=O)c1ccc(F)cc1)OC. The van der Waals surface area contributed by atoms with Gasteiger partial charge in [0.05, 0.1) is 24.6 Å². The van der Waals surface area contributed by atoms with Crippen LogP contribution in [0.1, 0.15) is 0 Å². The van der Waals surface area contributed by atoms with E-state index in [1.54, 1.807) is 0 Å². The van der Waals surface area contributed by atoms with Crippen molar-refractivity contribution in [3.63, 3.8) is 0 Å². The van der Waals surface area contributed by atoms with Crippen LogP contribution in [0, 0.1) is 5.82 Å². The van der Waals surface area contributed by atoms with Crippen LogP contribution in [0.25, 0.3) is 0 Å². The quantitative estimate of drug-likeness (QED) is 0.410. The van der Waals surface area contributed by atoms with Gasteiger partial charge in [-0.2, -0.15) is 4.31 Å². The predicted octanol–water partition coefficient (Wildman–Crippen LogP) is -0.976. The van der Waals surface area contributed by atoms with E-state index >= 15 is 0 Å².